The minimum absolute atomic E-state index is 0.00672. The van der Waals surface area contributed by atoms with Crippen molar-refractivity contribution in [2.45, 2.75) is 52.8 Å². The number of pyridine rings is 1. The molecule has 2 aromatic rings. The fraction of sp³-hybridized carbons (Fsp3) is 0.458. The van der Waals surface area contributed by atoms with Crippen LogP contribution < -0.4 is 5.32 Å². The SMILES string of the molecule is Cc1c(CN2CCN(C(=O)OC(C)(C)C)C(C)C2)cc(Cl)cc1NC(=O)c1cncc(F)c1. The molecule has 1 unspecified atom stereocenters. The zero-order valence-corrected chi connectivity index (χ0v) is 20.4. The van der Waals surface area contributed by atoms with Gasteiger partial charge >= 0.3 is 6.09 Å². The molecule has 0 radical (unpaired) electrons. The maximum atomic E-state index is 13.4. The van der Waals surface area contributed by atoms with Gasteiger partial charge in [0.1, 0.15) is 11.4 Å². The van der Waals surface area contributed by atoms with E-state index in [1.807, 2.05) is 40.7 Å². The minimum Gasteiger partial charge on any atom is -0.444 e. The number of carbonyl (C=O) groups excluding carboxylic acids is 2. The van der Waals surface area contributed by atoms with Crippen molar-refractivity contribution in [2.75, 3.05) is 25.0 Å². The number of amides is 2. The van der Waals surface area contributed by atoms with E-state index in [0.29, 0.717) is 36.9 Å². The number of anilines is 1. The first-order valence-corrected chi connectivity index (χ1v) is 11.2. The molecule has 178 valence electrons. The number of rotatable bonds is 4. The molecule has 1 aromatic carbocycles. The Labute approximate surface area is 198 Å². The van der Waals surface area contributed by atoms with Gasteiger partial charge in [0, 0.05) is 49.1 Å². The Kier molecular flexibility index (Phi) is 7.59. The maximum Gasteiger partial charge on any atom is 0.410 e. The molecule has 1 N–H and O–H groups in total. The van der Waals surface area contributed by atoms with Crippen LogP contribution in [0, 0.1) is 12.7 Å². The zero-order chi connectivity index (χ0) is 24.3. The summed E-state index contributed by atoms with van der Waals surface area (Å²) >= 11 is 6.34. The number of carbonyl (C=O) groups is 2. The van der Waals surface area contributed by atoms with E-state index in [1.54, 1.807) is 11.0 Å². The molecule has 1 aliphatic heterocycles. The molecule has 33 heavy (non-hydrogen) atoms. The van der Waals surface area contributed by atoms with E-state index < -0.39 is 17.3 Å². The van der Waals surface area contributed by atoms with E-state index in [0.717, 1.165) is 23.4 Å². The molecule has 0 spiro atoms. The van der Waals surface area contributed by atoms with Crippen molar-refractivity contribution in [2.24, 2.45) is 0 Å². The highest BCUT2D eigenvalue weighted by atomic mass is 35.5. The van der Waals surface area contributed by atoms with E-state index in [-0.39, 0.29) is 17.7 Å². The molecule has 1 fully saturated rings. The fourth-order valence-corrected chi connectivity index (χ4v) is 4.01. The lowest BCUT2D eigenvalue weighted by Crippen LogP contribution is -2.54. The number of halogens is 2. The van der Waals surface area contributed by atoms with E-state index in [2.05, 4.69) is 15.2 Å². The molecule has 1 atom stereocenters. The number of hydrogen-bond donors (Lipinski definition) is 1. The van der Waals surface area contributed by atoms with E-state index in [9.17, 15) is 14.0 Å². The number of nitrogens with zero attached hydrogens (tertiary/aromatic N) is 3. The standard InChI is InChI=1S/C24H30ClFN4O3/c1-15-13-29(6-7-30(15)23(32)33-24(3,4)5)14-18-8-19(25)10-21(16(18)2)28-22(31)17-9-20(26)12-27-11-17/h8-12,15H,6-7,13-14H2,1-5H3,(H,28,31). The van der Waals surface area contributed by atoms with Crippen LogP contribution in [0.5, 0.6) is 0 Å². The summed E-state index contributed by atoms with van der Waals surface area (Å²) in [5.74, 6) is -1.04. The Balaban J connectivity index is 1.69. The molecule has 0 bridgehead atoms. The third-order valence-corrected chi connectivity index (χ3v) is 5.65. The van der Waals surface area contributed by atoms with Crippen LogP contribution in [-0.2, 0) is 11.3 Å². The van der Waals surface area contributed by atoms with E-state index in [4.69, 9.17) is 16.3 Å². The van der Waals surface area contributed by atoms with Crippen LogP contribution in [0.1, 0.15) is 49.2 Å². The Hall–Kier alpha value is -2.71. The molecule has 7 nitrogen and oxygen atoms in total. The first-order valence-electron chi connectivity index (χ1n) is 10.9. The van der Waals surface area contributed by atoms with Gasteiger partial charge in [-0.1, -0.05) is 11.6 Å². The lowest BCUT2D eigenvalue weighted by atomic mass is 10.0. The zero-order valence-electron chi connectivity index (χ0n) is 19.6. The third kappa shape index (κ3) is 6.65. The molecule has 1 aliphatic rings. The first-order chi connectivity index (χ1) is 15.4. The summed E-state index contributed by atoms with van der Waals surface area (Å²) in [5.41, 5.74) is 2.00. The number of nitrogens with one attached hydrogen (secondary N) is 1. The molecule has 0 saturated carbocycles. The summed E-state index contributed by atoms with van der Waals surface area (Å²) in [4.78, 5) is 32.7. The molecule has 9 heteroatoms. The largest absolute Gasteiger partial charge is 0.444 e. The van der Waals surface area contributed by atoms with Crippen molar-refractivity contribution >= 4 is 29.3 Å². The van der Waals surface area contributed by atoms with E-state index >= 15 is 0 Å². The smallest absolute Gasteiger partial charge is 0.410 e. The van der Waals surface area contributed by atoms with Gasteiger partial charge in [0.2, 0.25) is 0 Å². The number of aromatic nitrogens is 1. The summed E-state index contributed by atoms with van der Waals surface area (Å²) in [5, 5.41) is 3.30. The lowest BCUT2D eigenvalue weighted by molar-refractivity contribution is 0.000535. The number of ether oxygens (including phenoxy) is 1. The van der Waals surface area contributed by atoms with Crippen molar-refractivity contribution in [3.05, 3.63) is 58.1 Å². The van der Waals surface area contributed by atoms with E-state index in [1.165, 1.54) is 6.20 Å². The number of piperazine rings is 1. The van der Waals surface area contributed by atoms with Crippen LogP contribution in [-0.4, -0.2) is 58.1 Å². The first kappa shape index (κ1) is 24.9. The quantitative estimate of drug-likeness (QED) is 0.681. The second-order valence-electron chi connectivity index (χ2n) is 9.34. The van der Waals surface area contributed by atoms with Gasteiger partial charge in [-0.05, 0) is 63.9 Å². The van der Waals surface area contributed by atoms with Crippen molar-refractivity contribution in [3.63, 3.8) is 0 Å². The van der Waals surface area contributed by atoms with Crippen molar-refractivity contribution in [1.82, 2.24) is 14.8 Å². The Morgan fingerprint density at radius 1 is 1.24 bits per heavy atom. The molecular weight excluding hydrogens is 447 g/mol. The van der Waals surface area contributed by atoms with Gasteiger partial charge in [0.25, 0.3) is 5.91 Å². The van der Waals surface area contributed by atoms with Gasteiger partial charge < -0.3 is 15.0 Å². The Bertz CT molecular complexity index is 1040. The second kappa shape index (κ2) is 10.1. The monoisotopic (exact) mass is 476 g/mol. The van der Waals surface area contributed by atoms with Gasteiger partial charge in [-0.2, -0.15) is 0 Å². The normalized spacial score (nSPS) is 17.1. The molecule has 2 heterocycles. The lowest BCUT2D eigenvalue weighted by Gasteiger charge is -2.40. The van der Waals surface area contributed by atoms with Crippen LogP contribution in [0.15, 0.2) is 30.6 Å². The maximum absolute atomic E-state index is 13.4. The van der Waals surface area contributed by atoms with Gasteiger partial charge in [-0.15, -0.1) is 0 Å². The molecular formula is C24H30ClFN4O3. The predicted octanol–water partition coefficient (Wildman–Crippen LogP) is 4.88. The van der Waals surface area contributed by atoms with Gasteiger partial charge in [-0.3, -0.25) is 14.7 Å². The van der Waals surface area contributed by atoms with Crippen LogP contribution in [0.3, 0.4) is 0 Å². The number of hydrogen-bond acceptors (Lipinski definition) is 5. The Morgan fingerprint density at radius 2 is 1.97 bits per heavy atom. The molecule has 3 rings (SSSR count). The predicted molar refractivity (Wildman–Crippen MR) is 126 cm³/mol. The summed E-state index contributed by atoms with van der Waals surface area (Å²) in [6.45, 7) is 12.0. The van der Waals surface area contributed by atoms with Crippen molar-refractivity contribution in [1.29, 1.82) is 0 Å². The van der Waals surface area contributed by atoms with Crippen molar-refractivity contribution in [3.8, 4) is 0 Å². The molecule has 2 amide bonds. The fourth-order valence-electron chi connectivity index (χ4n) is 3.77. The third-order valence-electron chi connectivity index (χ3n) is 5.43. The topological polar surface area (TPSA) is 74.8 Å². The van der Waals surface area contributed by atoms with Crippen LogP contribution in [0.4, 0.5) is 14.9 Å². The Morgan fingerprint density at radius 3 is 2.61 bits per heavy atom. The summed E-state index contributed by atoms with van der Waals surface area (Å²) in [6, 6.07) is 4.68. The number of benzene rings is 1. The summed E-state index contributed by atoms with van der Waals surface area (Å²) < 4.78 is 18.9. The molecule has 0 aliphatic carbocycles. The van der Waals surface area contributed by atoms with Gasteiger partial charge in [0.05, 0.1) is 11.8 Å². The highest BCUT2D eigenvalue weighted by Crippen LogP contribution is 2.27. The van der Waals surface area contributed by atoms with Gasteiger partial charge in [-0.25, -0.2) is 9.18 Å². The molecule has 1 aromatic heterocycles. The van der Waals surface area contributed by atoms with Crippen molar-refractivity contribution < 1.29 is 18.7 Å². The second-order valence-corrected chi connectivity index (χ2v) is 9.78. The average Bonchev–Trinajstić information content (AvgIpc) is 2.70. The summed E-state index contributed by atoms with van der Waals surface area (Å²) in [6.07, 6.45) is 2.05. The highest BCUT2D eigenvalue weighted by molar-refractivity contribution is 6.31. The highest BCUT2D eigenvalue weighted by Gasteiger charge is 2.31. The summed E-state index contributed by atoms with van der Waals surface area (Å²) in [7, 11) is 0. The minimum atomic E-state index is -0.578. The van der Waals surface area contributed by atoms with Crippen LogP contribution in [0.25, 0.3) is 0 Å². The van der Waals surface area contributed by atoms with Crippen LogP contribution >= 0.6 is 11.6 Å². The van der Waals surface area contributed by atoms with Crippen LogP contribution in [0.2, 0.25) is 5.02 Å². The molecule has 1 saturated heterocycles. The van der Waals surface area contributed by atoms with Gasteiger partial charge in [0.15, 0.2) is 0 Å². The average molecular weight is 477 g/mol.